The highest BCUT2D eigenvalue weighted by atomic mass is 32.2. The second-order valence-corrected chi connectivity index (χ2v) is 15.8. The summed E-state index contributed by atoms with van der Waals surface area (Å²) in [6, 6.07) is 4.91. The highest BCUT2D eigenvalue weighted by molar-refractivity contribution is 7.90. The molecule has 2 heterocycles. The Kier molecular flexibility index (Phi) is 18.1. The Morgan fingerprint density at radius 1 is 0.796 bits per heavy atom. The summed E-state index contributed by atoms with van der Waals surface area (Å²) < 4.78 is 25.3. The molecule has 2 N–H and O–H groups in total. The quantitative estimate of drug-likeness (QED) is 0.121. The summed E-state index contributed by atoms with van der Waals surface area (Å²) in [6.07, 6.45) is 1.71. The second kappa shape index (κ2) is 22.1. The van der Waals surface area contributed by atoms with Crippen molar-refractivity contribution in [3.8, 4) is 0 Å². The van der Waals surface area contributed by atoms with Crippen LogP contribution in [0.1, 0.15) is 36.3 Å². The van der Waals surface area contributed by atoms with Crippen molar-refractivity contribution >= 4 is 56.7 Å². The van der Waals surface area contributed by atoms with Crippen LogP contribution >= 0.6 is 11.3 Å². The van der Waals surface area contributed by atoms with Crippen molar-refractivity contribution in [1.29, 1.82) is 0 Å². The number of thiazole rings is 1. The van der Waals surface area contributed by atoms with Crippen LogP contribution in [0.2, 0.25) is 0 Å². The molecule has 1 atom stereocenters. The Morgan fingerprint density at radius 2 is 1.31 bits per heavy atom. The molecular weight excluding hydrogens is 749 g/mol. The number of sulfone groups is 1. The van der Waals surface area contributed by atoms with Crippen LogP contribution in [-0.4, -0.2) is 158 Å². The van der Waals surface area contributed by atoms with Gasteiger partial charge in [-0.15, -0.1) is 11.3 Å². The van der Waals surface area contributed by atoms with Gasteiger partial charge in [-0.3, -0.25) is 34.0 Å². The van der Waals surface area contributed by atoms with Crippen molar-refractivity contribution in [3.05, 3.63) is 46.4 Å². The molecule has 0 aliphatic carbocycles. The number of hydrogen-bond donors (Lipinski definition) is 2. The standard InChI is InChI=1S/C34H48N6O12S2/c41-26(20-25-3-6-27(7-4-25)54(51,52)24-30-36-10-19-53-30)5-8-29(42)35-9-1-2-28(34(49)50)40-17-15-38(22-32(45)46)13-11-37(21-31(43)44)12-14-39(16-18-40)23-33(47)48/h3-4,6-7,10,19,28H,1-2,5,8-9,11-18,20-24H2,(H,35,42)(H,43,44)(H,45,46)(H,47,48)(H,49,50)/p-3. The number of aromatic nitrogens is 1. The van der Waals surface area contributed by atoms with E-state index >= 15 is 0 Å². The van der Waals surface area contributed by atoms with E-state index in [1.54, 1.807) is 22.4 Å². The molecule has 0 saturated carbocycles. The maximum Gasteiger partial charge on any atom is 0.320 e. The monoisotopic (exact) mass is 793 g/mol. The number of carboxylic acids is 4. The predicted molar refractivity (Wildman–Crippen MR) is 187 cm³/mol. The van der Waals surface area contributed by atoms with Crippen molar-refractivity contribution in [2.24, 2.45) is 0 Å². The molecule has 18 nitrogen and oxygen atoms in total. The van der Waals surface area contributed by atoms with Gasteiger partial charge in [0.2, 0.25) is 5.91 Å². The summed E-state index contributed by atoms with van der Waals surface area (Å²) in [5.74, 6) is -6.09. The number of Topliss-reactive ketones (excluding diaryl/α,β-unsaturated/α-hetero) is 1. The summed E-state index contributed by atoms with van der Waals surface area (Å²) in [6.45, 7) is -0.418. The van der Waals surface area contributed by atoms with E-state index in [9.17, 15) is 57.6 Å². The van der Waals surface area contributed by atoms with Crippen LogP contribution in [-0.2, 0) is 50.8 Å². The smallest absolute Gasteiger partial charge is 0.320 e. The Labute approximate surface area is 317 Å². The van der Waals surface area contributed by atoms with Gasteiger partial charge in [-0.1, -0.05) is 12.1 Å². The number of carbonyl (C=O) groups excluding carboxylic acids is 5. The maximum atomic E-state index is 12.6. The summed E-state index contributed by atoms with van der Waals surface area (Å²) in [4.78, 5) is 81.9. The van der Waals surface area contributed by atoms with Crippen LogP contribution in [0.4, 0.5) is 0 Å². The molecule has 2 aromatic rings. The van der Waals surface area contributed by atoms with E-state index in [1.807, 2.05) is 0 Å². The second-order valence-electron chi connectivity index (χ2n) is 12.9. The summed E-state index contributed by atoms with van der Waals surface area (Å²) in [5.41, 5.74) is 0.596. The van der Waals surface area contributed by atoms with Gasteiger partial charge in [-0.25, -0.2) is 13.4 Å². The topological polar surface area (TPSA) is 264 Å². The van der Waals surface area contributed by atoms with Gasteiger partial charge in [-0.05, 0) is 30.5 Å². The lowest BCUT2D eigenvalue weighted by Crippen LogP contribution is -2.53. The zero-order valence-corrected chi connectivity index (χ0v) is 31.4. The minimum Gasteiger partial charge on any atom is -0.549 e. The fourth-order valence-corrected chi connectivity index (χ4v) is 8.17. The van der Waals surface area contributed by atoms with Crippen molar-refractivity contribution in [2.45, 2.75) is 48.8 Å². The number of amides is 1. The van der Waals surface area contributed by atoms with Gasteiger partial charge in [0.05, 0.1) is 22.8 Å². The number of hydrogen-bond acceptors (Lipinski definition) is 17. The number of nitrogens with zero attached hydrogens (tertiary/aromatic N) is 5. The number of nitrogens with one attached hydrogen (secondary N) is 1. The fourth-order valence-electron chi connectivity index (χ4n) is 5.91. The molecule has 0 bridgehead atoms. The average molecular weight is 794 g/mol. The number of ketones is 1. The van der Waals surface area contributed by atoms with Crippen LogP contribution < -0.4 is 20.6 Å². The third kappa shape index (κ3) is 16.4. The lowest BCUT2D eigenvalue weighted by atomic mass is 10.1. The van der Waals surface area contributed by atoms with Crippen LogP contribution in [0.3, 0.4) is 0 Å². The maximum absolute atomic E-state index is 12.6. The van der Waals surface area contributed by atoms with E-state index in [-0.39, 0.29) is 107 Å². The molecule has 0 spiro atoms. The van der Waals surface area contributed by atoms with Gasteiger partial charge in [0.1, 0.15) is 22.6 Å². The molecule has 1 saturated heterocycles. The Morgan fingerprint density at radius 3 is 1.78 bits per heavy atom. The first kappa shape index (κ1) is 44.1. The molecule has 20 heteroatoms. The molecule has 1 fully saturated rings. The minimum absolute atomic E-state index is 0.00902. The summed E-state index contributed by atoms with van der Waals surface area (Å²) in [5, 5.41) is 49.1. The highest BCUT2D eigenvalue weighted by Crippen LogP contribution is 2.19. The largest absolute Gasteiger partial charge is 0.549 e. The van der Waals surface area contributed by atoms with Gasteiger partial charge in [0, 0.05) is 109 Å². The van der Waals surface area contributed by atoms with Crippen LogP contribution in [0.5, 0.6) is 0 Å². The molecule has 3 rings (SSSR count). The number of rotatable bonds is 20. The zero-order valence-electron chi connectivity index (χ0n) is 29.8. The van der Waals surface area contributed by atoms with Crippen molar-refractivity contribution in [1.82, 2.24) is 29.9 Å². The molecule has 1 aliphatic heterocycles. The first-order valence-electron chi connectivity index (χ1n) is 17.3. The van der Waals surface area contributed by atoms with Gasteiger partial charge >= 0.3 is 5.97 Å². The van der Waals surface area contributed by atoms with Gasteiger partial charge < -0.3 is 40.1 Å². The van der Waals surface area contributed by atoms with Gasteiger partial charge in [0.15, 0.2) is 9.84 Å². The SMILES string of the molecule is O=C([O-])CN1CCN(CC(=O)[O-])CCN(C(CCCNC(=O)CCC(=O)Cc2ccc(S(=O)(=O)Cc3nccs3)cc2)C(=O)O)CCN(CC(=O)[O-])CC1. The lowest BCUT2D eigenvalue weighted by Gasteiger charge is -2.36. The Hall–Kier alpha value is -4.34. The van der Waals surface area contributed by atoms with Crippen molar-refractivity contribution < 1.29 is 57.6 Å². The summed E-state index contributed by atoms with van der Waals surface area (Å²) in [7, 11) is -3.59. The van der Waals surface area contributed by atoms with Gasteiger partial charge in [0.25, 0.3) is 0 Å². The number of carboxylic acid groups (broad SMARTS) is 4. The number of carbonyl (C=O) groups is 6. The van der Waals surface area contributed by atoms with Crippen molar-refractivity contribution in [3.63, 3.8) is 0 Å². The first-order valence-corrected chi connectivity index (χ1v) is 19.9. The molecule has 54 heavy (non-hydrogen) atoms. The van der Waals surface area contributed by atoms with E-state index in [2.05, 4.69) is 10.3 Å². The predicted octanol–water partition coefficient (Wildman–Crippen LogP) is -4.17. The zero-order chi connectivity index (χ0) is 39.7. The lowest BCUT2D eigenvalue weighted by molar-refractivity contribution is -0.308. The Balaban J connectivity index is 1.51. The van der Waals surface area contributed by atoms with E-state index in [0.29, 0.717) is 10.6 Å². The molecule has 1 aromatic heterocycles. The third-order valence-electron chi connectivity index (χ3n) is 8.74. The van der Waals surface area contributed by atoms with E-state index < -0.39 is 65.3 Å². The van der Waals surface area contributed by atoms with Gasteiger partial charge in [-0.2, -0.15) is 0 Å². The normalized spacial score (nSPS) is 16.4. The van der Waals surface area contributed by atoms with Crippen LogP contribution in [0.15, 0.2) is 40.7 Å². The molecule has 1 aliphatic rings. The molecular formula is C34H45N6O12S2-3. The van der Waals surface area contributed by atoms with E-state index in [0.717, 1.165) is 0 Å². The average Bonchev–Trinajstić information content (AvgIpc) is 3.59. The molecule has 1 aromatic carbocycles. The molecule has 1 unspecified atom stereocenters. The number of aliphatic carboxylic acids is 4. The fraction of sp³-hybridized carbons (Fsp3) is 0.559. The van der Waals surface area contributed by atoms with Crippen molar-refractivity contribution in [2.75, 3.05) is 78.5 Å². The van der Waals surface area contributed by atoms with E-state index in [1.165, 1.54) is 44.4 Å². The minimum atomic E-state index is -3.59. The van der Waals surface area contributed by atoms with Crippen LogP contribution in [0, 0.1) is 0 Å². The number of benzene rings is 1. The van der Waals surface area contributed by atoms with Crippen LogP contribution in [0.25, 0.3) is 0 Å². The highest BCUT2D eigenvalue weighted by Gasteiger charge is 2.27. The Bertz CT molecular complexity index is 1640. The molecule has 298 valence electrons. The molecule has 1 amide bonds. The third-order valence-corrected chi connectivity index (χ3v) is 11.4. The summed E-state index contributed by atoms with van der Waals surface area (Å²) >= 11 is 1.24. The molecule has 0 radical (unpaired) electrons. The van der Waals surface area contributed by atoms with E-state index in [4.69, 9.17) is 0 Å². The first-order chi connectivity index (χ1) is 25.6.